The zero-order valence-corrected chi connectivity index (χ0v) is 22.2. The van der Waals surface area contributed by atoms with Gasteiger partial charge in [0.2, 0.25) is 0 Å². The number of carbonyl (C=O) groups is 2. The largest absolute Gasteiger partial charge is 0.377 e. The van der Waals surface area contributed by atoms with Gasteiger partial charge in [0.25, 0.3) is 5.91 Å². The molecule has 6 nitrogen and oxygen atoms in total. The predicted octanol–water partition coefficient (Wildman–Crippen LogP) is 6.13. The number of piperidine rings is 1. The van der Waals surface area contributed by atoms with Gasteiger partial charge < -0.3 is 14.2 Å². The summed E-state index contributed by atoms with van der Waals surface area (Å²) < 4.78 is 8.08. The molecule has 0 bridgehead atoms. The normalized spacial score (nSPS) is 13.9. The zero-order valence-electron chi connectivity index (χ0n) is 22.2. The number of ketones is 1. The number of likely N-dealkylation sites (tertiary alicyclic amines) is 1. The van der Waals surface area contributed by atoms with Crippen LogP contribution in [0.25, 0.3) is 0 Å². The minimum atomic E-state index is -0.0365. The maximum absolute atomic E-state index is 13.1. The third-order valence-electron chi connectivity index (χ3n) is 7.37. The molecule has 1 amide bonds. The van der Waals surface area contributed by atoms with Crippen LogP contribution in [-0.4, -0.2) is 45.8 Å². The average molecular weight is 522 g/mol. The highest BCUT2D eigenvalue weighted by Crippen LogP contribution is 2.28. The molecule has 1 aliphatic heterocycles. The lowest BCUT2D eigenvalue weighted by Crippen LogP contribution is -2.38. The van der Waals surface area contributed by atoms with Crippen LogP contribution in [0.4, 0.5) is 0 Å². The van der Waals surface area contributed by atoms with Gasteiger partial charge in [0, 0.05) is 61.2 Å². The molecule has 39 heavy (non-hydrogen) atoms. The van der Waals surface area contributed by atoms with Crippen molar-refractivity contribution in [3.8, 4) is 0 Å². The number of hydrogen-bond acceptors (Lipinski definition) is 4. The van der Waals surface area contributed by atoms with Crippen molar-refractivity contribution in [1.29, 1.82) is 0 Å². The van der Waals surface area contributed by atoms with E-state index >= 15 is 0 Å². The van der Waals surface area contributed by atoms with Gasteiger partial charge >= 0.3 is 0 Å². The lowest BCUT2D eigenvalue weighted by molar-refractivity contribution is 0.0710. The Kier molecular flexibility index (Phi) is 8.97. The highest BCUT2D eigenvalue weighted by Gasteiger charge is 2.27. The third-order valence-corrected chi connectivity index (χ3v) is 7.37. The van der Waals surface area contributed by atoms with Gasteiger partial charge in [0.15, 0.2) is 5.78 Å². The van der Waals surface area contributed by atoms with Crippen LogP contribution in [0.1, 0.15) is 69.3 Å². The van der Waals surface area contributed by atoms with Crippen LogP contribution in [-0.2, 0) is 17.9 Å². The zero-order chi connectivity index (χ0) is 26.9. The van der Waals surface area contributed by atoms with Crippen molar-refractivity contribution in [1.82, 2.24) is 14.5 Å². The number of nitrogens with zero attached hydrogens (tertiary/aromatic N) is 3. The SMILES string of the molecule is O=C(c1ccccc1)c1ccc(C(=O)N2CCC(c3nccn3CCCCOCc3ccccc3)CC2)cc1. The highest BCUT2D eigenvalue weighted by molar-refractivity contribution is 6.09. The van der Waals surface area contributed by atoms with Crippen LogP contribution in [0.5, 0.6) is 0 Å². The molecule has 1 aliphatic rings. The van der Waals surface area contributed by atoms with Crippen LogP contribution >= 0.6 is 0 Å². The maximum Gasteiger partial charge on any atom is 0.253 e. The molecule has 0 spiro atoms. The first kappa shape index (κ1) is 26.6. The molecule has 1 aromatic heterocycles. The van der Waals surface area contributed by atoms with Gasteiger partial charge in [-0.05, 0) is 43.4 Å². The number of benzene rings is 3. The summed E-state index contributed by atoms with van der Waals surface area (Å²) in [7, 11) is 0. The fraction of sp³-hybridized carbons (Fsp3) is 0.303. The number of aryl methyl sites for hydroxylation is 1. The number of ether oxygens (including phenoxy) is 1. The van der Waals surface area contributed by atoms with Crippen LogP contribution in [0.15, 0.2) is 97.3 Å². The fourth-order valence-corrected chi connectivity index (χ4v) is 5.16. The van der Waals surface area contributed by atoms with Crippen molar-refractivity contribution >= 4 is 11.7 Å². The molecule has 200 valence electrons. The van der Waals surface area contributed by atoms with Gasteiger partial charge in [-0.2, -0.15) is 0 Å². The summed E-state index contributed by atoms with van der Waals surface area (Å²) >= 11 is 0. The molecule has 3 aromatic carbocycles. The van der Waals surface area contributed by atoms with Gasteiger partial charge in [-0.25, -0.2) is 4.98 Å². The molecule has 0 aliphatic carbocycles. The summed E-state index contributed by atoms with van der Waals surface area (Å²) in [4.78, 5) is 32.4. The first-order valence-corrected chi connectivity index (χ1v) is 13.8. The summed E-state index contributed by atoms with van der Waals surface area (Å²) in [5.74, 6) is 1.46. The number of rotatable bonds is 11. The van der Waals surface area contributed by atoms with Crippen molar-refractivity contribution in [2.45, 2.75) is 44.8 Å². The van der Waals surface area contributed by atoms with E-state index in [9.17, 15) is 9.59 Å². The molecule has 1 saturated heterocycles. The van der Waals surface area contributed by atoms with E-state index in [0.29, 0.717) is 42.3 Å². The van der Waals surface area contributed by atoms with Crippen LogP contribution in [0.3, 0.4) is 0 Å². The van der Waals surface area contributed by atoms with Crippen LogP contribution in [0, 0.1) is 0 Å². The number of aromatic nitrogens is 2. The standard InChI is InChI=1S/C33H35N3O3/c37-31(27-11-5-2-6-12-27)28-13-15-30(16-14-28)33(38)36-21-17-29(18-22-36)32-34-19-23-35(32)20-7-8-24-39-25-26-9-3-1-4-10-26/h1-6,9-16,19,23,29H,7-8,17-18,20-22,24-25H2. The monoisotopic (exact) mass is 521 g/mol. The molecule has 0 atom stereocenters. The second kappa shape index (κ2) is 13.2. The molecular weight excluding hydrogens is 486 g/mol. The van der Waals surface area contributed by atoms with E-state index in [0.717, 1.165) is 44.7 Å². The molecule has 0 N–H and O–H groups in total. The van der Waals surface area contributed by atoms with Crippen molar-refractivity contribution in [3.63, 3.8) is 0 Å². The van der Waals surface area contributed by atoms with Gasteiger partial charge in [-0.1, -0.05) is 72.8 Å². The summed E-state index contributed by atoms with van der Waals surface area (Å²) in [6, 6.07) is 26.5. The van der Waals surface area contributed by atoms with Crippen molar-refractivity contribution in [2.75, 3.05) is 19.7 Å². The topological polar surface area (TPSA) is 64.4 Å². The predicted molar refractivity (Wildman–Crippen MR) is 152 cm³/mol. The molecule has 4 aromatic rings. The molecular formula is C33H35N3O3. The smallest absolute Gasteiger partial charge is 0.253 e. The Balaban J connectivity index is 1.07. The quantitative estimate of drug-likeness (QED) is 0.176. The Bertz CT molecular complexity index is 1340. The van der Waals surface area contributed by atoms with E-state index < -0.39 is 0 Å². The minimum Gasteiger partial charge on any atom is -0.377 e. The van der Waals surface area contributed by atoms with Crippen LogP contribution in [0.2, 0.25) is 0 Å². The van der Waals surface area contributed by atoms with Gasteiger partial charge in [0.05, 0.1) is 6.61 Å². The van der Waals surface area contributed by atoms with Crippen LogP contribution < -0.4 is 0 Å². The van der Waals surface area contributed by atoms with Crippen molar-refractivity contribution in [2.24, 2.45) is 0 Å². The molecule has 0 radical (unpaired) electrons. The first-order chi connectivity index (χ1) is 19.2. The Morgan fingerprint density at radius 1 is 0.795 bits per heavy atom. The molecule has 5 rings (SSSR count). The number of hydrogen-bond donors (Lipinski definition) is 0. The number of carbonyl (C=O) groups excluding carboxylic acids is 2. The Hall–Kier alpha value is -4.03. The number of amides is 1. The fourth-order valence-electron chi connectivity index (χ4n) is 5.16. The summed E-state index contributed by atoms with van der Waals surface area (Å²) in [6.07, 6.45) is 7.79. The molecule has 6 heteroatoms. The van der Waals surface area contributed by atoms with E-state index in [1.807, 2.05) is 47.5 Å². The molecule has 0 unspecified atom stereocenters. The third kappa shape index (κ3) is 6.89. The molecule has 2 heterocycles. The second-order valence-corrected chi connectivity index (χ2v) is 10.1. The Morgan fingerprint density at radius 3 is 2.15 bits per heavy atom. The van der Waals surface area contributed by atoms with E-state index in [1.165, 1.54) is 5.56 Å². The first-order valence-electron chi connectivity index (χ1n) is 13.8. The van der Waals surface area contributed by atoms with Gasteiger partial charge in [0.1, 0.15) is 5.82 Å². The lowest BCUT2D eigenvalue weighted by Gasteiger charge is -2.32. The Labute approximate surface area is 230 Å². The molecule has 1 fully saturated rings. The second-order valence-electron chi connectivity index (χ2n) is 10.1. The maximum atomic E-state index is 13.1. The minimum absolute atomic E-state index is 0.0194. The highest BCUT2D eigenvalue weighted by atomic mass is 16.5. The number of unbranched alkanes of at least 4 members (excludes halogenated alkanes) is 1. The van der Waals surface area contributed by atoms with E-state index in [1.54, 1.807) is 36.4 Å². The van der Waals surface area contributed by atoms with E-state index in [-0.39, 0.29) is 11.7 Å². The van der Waals surface area contributed by atoms with E-state index in [4.69, 9.17) is 4.74 Å². The Morgan fingerprint density at radius 2 is 1.44 bits per heavy atom. The lowest BCUT2D eigenvalue weighted by atomic mass is 9.95. The number of imidazole rings is 1. The average Bonchev–Trinajstić information content (AvgIpc) is 3.48. The van der Waals surface area contributed by atoms with Gasteiger partial charge in [-0.15, -0.1) is 0 Å². The van der Waals surface area contributed by atoms with E-state index in [2.05, 4.69) is 27.9 Å². The summed E-state index contributed by atoms with van der Waals surface area (Å²) in [6.45, 7) is 3.74. The summed E-state index contributed by atoms with van der Waals surface area (Å²) in [5, 5.41) is 0. The van der Waals surface area contributed by atoms with Crippen molar-refractivity contribution < 1.29 is 14.3 Å². The molecule has 0 saturated carbocycles. The van der Waals surface area contributed by atoms with Gasteiger partial charge in [-0.3, -0.25) is 9.59 Å². The van der Waals surface area contributed by atoms with Crippen molar-refractivity contribution in [3.05, 3.63) is 125 Å². The summed E-state index contributed by atoms with van der Waals surface area (Å²) in [5.41, 5.74) is 3.06.